The fourth-order valence-corrected chi connectivity index (χ4v) is 4.13. The van der Waals surface area contributed by atoms with Crippen molar-refractivity contribution in [3.63, 3.8) is 0 Å². The van der Waals surface area contributed by atoms with Gasteiger partial charge in [-0.1, -0.05) is 41.8 Å². The fourth-order valence-electron chi connectivity index (χ4n) is 3.83. The molecular formula is C26H31Cl2FN4O2. The number of hydrogen-bond acceptors (Lipinski definition) is 3. The molecule has 2 aromatic rings. The zero-order valence-electron chi connectivity index (χ0n) is 19.6. The van der Waals surface area contributed by atoms with Crippen LogP contribution < -0.4 is 10.6 Å². The molecule has 2 aromatic carbocycles. The molecule has 2 N–H and O–H groups in total. The molecule has 0 bridgehead atoms. The van der Waals surface area contributed by atoms with Gasteiger partial charge in [-0.2, -0.15) is 0 Å². The van der Waals surface area contributed by atoms with Crippen LogP contribution in [-0.4, -0.2) is 61.0 Å². The Labute approximate surface area is 216 Å². The molecule has 35 heavy (non-hydrogen) atoms. The summed E-state index contributed by atoms with van der Waals surface area (Å²) < 4.78 is 13.3. The monoisotopic (exact) mass is 520 g/mol. The van der Waals surface area contributed by atoms with Crippen molar-refractivity contribution in [2.75, 3.05) is 44.6 Å². The van der Waals surface area contributed by atoms with Crippen molar-refractivity contribution in [3.05, 3.63) is 70.0 Å². The summed E-state index contributed by atoms with van der Waals surface area (Å²) in [5.41, 5.74) is 1.41. The highest BCUT2D eigenvalue weighted by Crippen LogP contribution is 2.20. The van der Waals surface area contributed by atoms with E-state index in [9.17, 15) is 14.0 Å². The van der Waals surface area contributed by atoms with E-state index in [1.807, 2.05) is 12.1 Å². The lowest BCUT2D eigenvalue weighted by molar-refractivity contribution is -0.116. The van der Waals surface area contributed by atoms with Crippen LogP contribution in [-0.2, 0) is 4.79 Å². The Morgan fingerprint density at radius 3 is 2.54 bits per heavy atom. The van der Waals surface area contributed by atoms with Gasteiger partial charge in [-0.05, 0) is 74.3 Å². The van der Waals surface area contributed by atoms with E-state index >= 15 is 0 Å². The van der Waals surface area contributed by atoms with Gasteiger partial charge < -0.3 is 20.4 Å². The summed E-state index contributed by atoms with van der Waals surface area (Å²) in [6, 6.07) is 11.3. The van der Waals surface area contributed by atoms with E-state index in [0.717, 1.165) is 50.9 Å². The van der Waals surface area contributed by atoms with Gasteiger partial charge in [0.1, 0.15) is 5.82 Å². The number of nitrogens with zero attached hydrogens (tertiary/aromatic N) is 2. The lowest BCUT2D eigenvalue weighted by Gasteiger charge is -2.22. The van der Waals surface area contributed by atoms with Crippen LogP contribution in [0.5, 0.6) is 0 Å². The van der Waals surface area contributed by atoms with Crippen LogP contribution in [0.3, 0.4) is 0 Å². The first-order chi connectivity index (χ1) is 16.9. The Morgan fingerprint density at radius 2 is 1.77 bits per heavy atom. The van der Waals surface area contributed by atoms with Crippen LogP contribution in [0.2, 0.25) is 10.0 Å². The van der Waals surface area contributed by atoms with E-state index in [1.165, 1.54) is 24.3 Å². The second-order valence-corrected chi connectivity index (χ2v) is 9.32. The van der Waals surface area contributed by atoms with Crippen LogP contribution in [0.15, 0.2) is 48.5 Å². The zero-order valence-corrected chi connectivity index (χ0v) is 21.1. The molecule has 1 saturated heterocycles. The number of hydrogen-bond donors (Lipinski definition) is 2. The largest absolute Gasteiger partial charge is 0.353 e. The maximum atomic E-state index is 13.3. The van der Waals surface area contributed by atoms with Gasteiger partial charge >= 0.3 is 6.03 Å². The average Bonchev–Trinajstić information content (AvgIpc) is 3.09. The predicted molar refractivity (Wildman–Crippen MR) is 140 cm³/mol. The third-order valence-corrected chi connectivity index (χ3v) is 6.34. The number of halogens is 3. The highest BCUT2D eigenvalue weighted by Gasteiger charge is 2.19. The lowest BCUT2D eigenvalue weighted by Crippen LogP contribution is -2.38. The molecule has 6 nitrogen and oxygen atoms in total. The third kappa shape index (κ3) is 9.51. The summed E-state index contributed by atoms with van der Waals surface area (Å²) >= 11 is 11.7. The molecule has 0 radical (unpaired) electrons. The molecule has 1 aliphatic rings. The van der Waals surface area contributed by atoms with Gasteiger partial charge in [0.15, 0.2) is 0 Å². The van der Waals surface area contributed by atoms with Gasteiger partial charge in [-0.25, -0.2) is 9.18 Å². The van der Waals surface area contributed by atoms with E-state index in [4.69, 9.17) is 23.2 Å². The van der Waals surface area contributed by atoms with Crippen molar-refractivity contribution in [1.29, 1.82) is 0 Å². The summed E-state index contributed by atoms with van der Waals surface area (Å²) in [5, 5.41) is 6.36. The highest BCUT2D eigenvalue weighted by atomic mass is 35.5. The Hall–Kier alpha value is -2.61. The smallest absolute Gasteiger partial charge is 0.321 e. The summed E-state index contributed by atoms with van der Waals surface area (Å²) in [4.78, 5) is 28.7. The number of amides is 3. The summed E-state index contributed by atoms with van der Waals surface area (Å²) in [6.45, 7) is 4.67. The van der Waals surface area contributed by atoms with Crippen molar-refractivity contribution >= 4 is 46.9 Å². The fraction of sp³-hybridized carbons (Fsp3) is 0.385. The summed E-state index contributed by atoms with van der Waals surface area (Å²) in [5.74, 6) is -0.614. The predicted octanol–water partition coefficient (Wildman–Crippen LogP) is 5.67. The first kappa shape index (κ1) is 27.0. The topological polar surface area (TPSA) is 64.7 Å². The van der Waals surface area contributed by atoms with Gasteiger partial charge in [0.25, 0.3) is 0 Å². The molecular weight excluding hydrogens is 490 g/mol. The molecule has 0 unspecified atom stereocenters. The third-order valence-electron chi connectivity index (χ3n) is 5.79. The Kier molecular flexibility index (Phi) is 10.8. The molecule has 0 atom stereocenters. The van der Waals surface area contributed by atoms with E-state index in [-0.39, 0.29) is 17.0 Å². The van der Waals surface area contributed by atoms with Crippen LogP contribution >= 0.6 is 23.2 Å². The molecule has 1 aliphatic heterocycles. The van der Waals surface area contributed by atoms with Crippen LogP contribution in [0, 0.1) is 5.82 Å². The number of benzene rings is 2. The maximum Gasteiger partial charge on any atom is 0.321 e. The Bertz CT molecular complexity index is 1020. The molecule has 0 spiro atoms. The van der Waals surface area contributed by atoms with Crippen molar-refractivity contribution in [1.82, 2.24) is 15.1 Å². The van der Waals surface area contributed by atoms with Gasteiger partial charge in [0.2, 0.25) is 5.91 Å². The molecule has 188 valence electrons. The van der Waals surface area contributed by atoms with E-state index in [1.54, 1.807) is 23.1 Å². The average molecular weight is 521 g/mol. The van der Waals surface area contributed by atoms with Crippen molar-refractivity contribution in [3.8, 4) is 0 Å². The number of anilines is 1. The molecule has 1 fully saturated rings. The number of carbonyl (C=O) groups is 2. The molecule has 0 aliphatic carbocycles. The Balaban J connectivity index is 1.28. The van der Waals surface area contributed by atoms with Gasteiger partial charge in [-0.3, -0.25) is 4.79 Å². The van der Waals surface area contributed by atoms with Gasteiger partial charge in [0.05, 0.1) is 5.02 Å². The minimum Gasteiger partial charge on any atom is -0.353 e. The maximum absolute atomic E-state index is 13.3. The zero-order chi connectivity index (χ0) is 25.0. The standard InChI is InChI=1S/C26H31Cl2FN4O2/c27-21-8-5-20(6-9-21)7-12-25(34)30-13-2-1-3-14-32-15-4-16-33(18-17-32)26(35)31-22-10-11-24(29)23(28)19-22/h5-12,19H,1-4,13-18H2,(H,30,34)(H,31,35)/b12-7+. The highest BCUT2D eigenvalue weighted by molar-refractivity contribution is 6.31. The molecule has 3 rings (SSSR count). The first-order valence-electron chi connectivity index (χ1n) is 11.9. The quantitative estimate of drug-likeness (QED) is 0.330. The lowest BCUT2D eigenvalue weighted by atomic mass is 10.2. The minimum atomic E-state index is -0.511. The van der Waals surface area contributed by atoms with Crippen LogP contribution in [0.4, 0.5) is 14.9 Å². The van der Waals surface area contributed by atoms with Crippen molar-refractivity contribution in [2.45, 2.75) is 25.7 Å². The second kappa shape index (κ2) is 14.1. The van der Waals surface area contributed by atoms with Crippen molar-refractivity contribution in [2.24, 2.45) is 0 Å². The van der Waals surface area contributed by atoms with Crippen LogP contribution in [0.1, 0.15) is 31.2 Å². The SMILES string of the molecule is O=C(/C=C/c1ccc(Cl)cc1)NCCCCCN1CCCN(C(=O)Nc2ccc(F)c(Cl)c2)CC1. The molecule has 9 heteroatoms. The van der Waals surface area contributed by atoms with Crippen LogP contribution in [0.25, 0.3) is 6.08 Å². The summed E-state index contributed by atoms with van der Waals surface area (Å²) in [6.07, 6.45) is 7.18. The van der Waals surface area contributed by atoms with Gasteiger partial charge in [0, 0.05) is 43.0 Å². The molecule has 3 amide bonds. The minimum absolute atomic E-state index is 0.0150. The number of unbranched alkanes of at least 4 members (excludes halogenated alkanes) is 2. The van der Waals surface area contributed by atoms with E-state index < -0.39 is 5.82 Å². The van der Waals surface area contributed by atoms with Crippen molar-refractivity contribution < 1.29 is 14.0 Å². The number of nitrogens with one attached hydrogen (secondary N) is 2. The number of rotatable bonds is 9. The van der Waals surface area contributed by atoms with E-state index in [0.29, 0.717) is 30.3 Å². The first-order valence-corrected chi connectivity index (χ1v) is 12.6. The number of urea groups is 1. The Morgan fingerprint density at radius 1 is 0.971 bits per heavy atom. The molecule has 0 aromatic heterocycles. The molecule has 1 heterocycles. The summed E-state index contributed by atoms with van der Waals surface area (Å²) in [7, 11) is 0. The normalized spacial score (nSPS) is 14.7. The van der Waals surface area contributed by atoms with Gasteiger partial charge in [-0.15, -0.1) is 0 Å². The second-order valence-electron chi connectivity index (χ2n) is 8.48. The van der Waals surface area contributed by atoms with E-state index in [2.05, 4.69) is 15.5 Å². The number of carbonyl (C=O) groups excluding carboxylic acids is 2. The molecule has 0 saturated carbocycles.